The van der Waals surface area contributed by atoms with E-state index in [1.165, 1.54) is 0 Å². The van der Waals surface area contributed by atoms with Gasteiger partial charge in [-0.1, -0.05) is 78.9 Å². The van der Waals surface area contributed by atoms with Gasteiger partial charge in [0.05, 0.1) is 4.90 Å². The third-order valence-corrected chi connectivity index (χ3v) is 6.83. The van der Waals surface area contributed by atoms with Crippen molar-refractivity contribution in [2.24, 2.45) is 0 Å². The normalized spacial score (nSPS) is 12.0. The summed E-state index contributed by atoms with van der Waals surface area (Å²) >= 11 is 0. The van der Waals surface area contributed by atoms with Crippen LogP contribution >= 0.6 is 0 Å². The number of nitrogens with one attached hydrogen (secondary N) is 2. The topological polar surface area (TPSA) is 75.3 Å². The van der Waals surface area contributed by atoms with Crippen molar-refractivity contribution in [1.82, 2.24) is 10.0 Å². The van der Waals surface area contributed by atoms with E-state index < -0.39 is 15.6 Å². The van der Waals surface area contributed by atoms with Crippen LogP contribution in [0.2, 0.25) is 0 Å². The Labute approximate surface area is 190 Å². The van der Waals surface area contributed by atoms with E-state index in [1.54, 1.807) is 45.0 Å². The molecule has 0 fully saturated rings. The van der Waals surface area contributed by atoms with E-state index >= 15 is 0 Å². The SMILES string of the molecule is CC(C)(C)NS(=O)(=O)c1ccccc1CNC(=O)CC(c1ccccc1)c1ccccc1. The van der Waals surface area contributed by atoms with Crippen LogP contribution in [0.1, 0.15) is 49.8 Å². The first-order valence-electron chi connectivity index (χ1n) is 10.6. The van der Waals surface area contributed by atoms with Crippen LogP contribution in [0.4, 0.5) is 0 Å². The van der Waals surface area contributed by atoms with E-state index in [9.17, 15) is 13.2 Å². The first kappa shape index (κ1) is 23.7. The lowest BCUT2D eigenvalue weighted by Crippen LogP contribution is -2.41. The van der Waals surface area contributed by atoms with E-state index in [0.717, 1.165) is 11.1 Å². The molecule has 0 bridgehead atoms. The number of hydrogen-bond acceptors (Lipinski definition) is 3. The molecule has 0 spiro atoms. The van der Waals surface area contributed by atoms with Crippen LogP contribution in [0.3, 0.4) is 0 Å². The Kier molecular flexibility index (Phi) is 7.48. The molecule has 0 aromatic heterocycles. The number of sulfonamides is 1. The van der Waals surface area contributed by atoms with Gasteiger partial charge in [0.2, 0.25) is 15.9 Å². The Hall–Kier alpha value is -2.96. The minimum atomic E-state index is -3.71. The minimum Gasteiger partial charge on any atom is -0.352 e. The molecule has 168 valence electrons. The van der Waals surface area contributed by atoms with Crippen molar-refractivity contribution in [2.75, 3.05) is 0 Å². The maximum atomic E-state index is 12.9. The first-order valence-corrected chi connectivity index (χ1v) is 12.1. The Bertz CT molecular complexity index is 1100. The third kappa shape index (κ3) is 6.52. The molecule has 0 heterocycles. The molecule has 0 saturated heterocycles. The van der Waals surface area contributed by atoms with Crippen molar-refractivity contribution < 1.29 is 13.2 Å². The quantitative estimate of drug-likeness (QED) is 0.527. The molecule has 0 unspecified atom stereocenters. The van der Waals surface area contributed by atoms with E-state index in [4.69, 9.17) is 0 Å². The van der Waals surface area contributed by atoms with Gasteiger partial charge in [0.1, 0.15) is 0 Å². The summed E-state index contributed by atoms with van der Waals surface area (Å²) < 4.78 is 28.3. The number of benzene rings is 3. The summed E-state index contributed by atoms with van der Waals surface area (Å²) in [5.41, 5.74) is 2.07. The van der Waals surface area contributed by atoms with Crippen LogP contribution in [0.5, 0.6) is 0 Å². The highest BCUT2D eigenvalue weighted by atomic mass is 32.2. The molecule has 32 heavy (non-hydrogen) atoms. The van der Waals surface area contributed by atoms with Gasteiger partial charge in [0.25, 0.3) is 0 Å². The molecule has 5 nitrogen and oxygen atoms in total. The minimum absolute atomic E-state index is 0.0843. The van der Waals surface area contributed by atoms with E-state index in [1.807, 2.05) is 60.7 Å². The summed E-state index contributed by atoms with van der Waals surface area (Å²) in [4.78, 5) is 13.1. The molecule has 3 aromatic carbocycles. The van der Waals surface area contributed by atoms with Crippen LogP contribution in [0.15, 0.2) is 89.8 Å². The van der Waals surface area contributed by atoms with Gasteiger partial charge in [-0.15, -0.1) is 0 Å². The highest BCUT2D eigenvalue weighted by molar-refractivity contribution is 7.89. The summed E-state index contributed by atoms with van der Waals surface area (Å²) in [5.74, 6) is -0.224. The van der Waals surface area contributed by atoms with Crippen molar-refractivity contribution in [2.45, 2.75) is 50.1 Å². The molecule has 2 N–H and O–H groups in total. The Morgan fingerprint density at radius 1 is 0.812 bits per heavy atom. The van der Waals surface area contributed by atoms with Gasteiger partial charge < -0.3 is 5.32 Å². The summed E-state index contributed by atoms with van der Waals surface area (Å²) in [5, 5.41) is 2.91. The van der Waals surface area contributed by atoms with E-state index in [2.05, 4.69) is 10.0 Å². The van der Waals surface area contributed by atoms with Crippen LogP contribution < -0.4 is 10.0 Å². The summed E-state index contributed by atoms with van der Waals surface area (Å²) in [6, 6.07) is 26.6. The summed E-state index contributed by atoms with van der Waals surface area (Å²) in [6.45, 7) is 5.52. The largest absolute Gasteiger partial charge is 0.352 e. The fourth-order valence-corrected chi connectivity index (χ4v) is 5.28. The maximum absolute atomic E-state index is 12.9. The van der Waals surface area contributed by atoms with Gasteiger partial charge in [-0.3, -0.25) is 4.79 Å². The third-order valence-electron chi connectivity index (χ3n) is 4.97. The van der Waals surface area contributed by atoms with Crippen LogP contribution in [0, 0.1) is 0 Å². The molecular weight excluding hydrogens is 420 g/mol. The van der Waals surface area contributed by atoms with Gasteiger partial charge in [0, 0.05) is 24.4 Å². The molecule has 6 heteroatoms. The molecule has 0 saturated carbocycles. The number of carbonyl (C=O) groups excluding carboxylic acids is 1. The number of carbonyl (C=O) groups is 1. The van der Waals surface area contributed by atoms with Gasteiger partial charge in [-0.2, -0.15) is 0 Å². The number of rotatable bonds is 8. The lowest BCUT2D eigenvalue weighted by atomic mass is 9.88. The average molecular weight is 451 g/mol. The van der Waals surface area contributed by atoms with Crippen molar-refractivity contribution in [3.8, 4) is 0 Å². The van der Waals surface area contributed by atoms with Crippen molar-refractivity contribution >= 4 is 15.9 Å². The fourth-order valence-electron chi connectivity index (χ4n) is 3.62. The molecule has 3 aromatic rings. The summed E-state index contributed by atoms with van der Waals surface area (Å²) in [7, 11) is -3.71. The van der Waals surface area contributed by atoms with Gasteiger partial charge in [0.15, 0.2) is 0 Å². The van der Waals surface area contributed by atoms with Crippen LogP contribution in [0.25, 0.3) is 0 Å². The molecular formula is C26H30N2O3S. The predicted molar refractivity (Wildman–Crippen MR) is 128 cm³/mol. The lowest BCUT2D eigenvalue weighted by molar-refractivity contribution is -0.121. The number of hydrogen-bond donors (Lipinski definition) is 2. The molecule has 0 radical (unpaired) electrons. The molecule has 0 aliphatic carbocycles. The Morgan fingerprint density at radius 3 is 1.84 bits per heavy atom. The maximum Gasteiger partial charge on any atom is 0.241 e. The van der Waals surface area contributed by atoms with Gasteiger partial charge in [-0.05, 0) is 43.5 Å². The number of amides is 1. The Balaban J connectivity index is 1.76. The zero-order valence-corrected chi connectivity index (χ0v) is 19.5. The second kappa shape index (κ2) is 10.1. The molecule has 0 aliphatic rings. The van der Waals surface area contributed by atoms with Crippen molar-refractivity contribution in [3.05, 3.63) is 102 Å². The van der Waals surface area contributed by atoms with Crippen molar-refractivity contribution in [1.29, 1.82) is 0 Å². The zero-order chi connectivity index (χ0) is 23.2. The molecule has 3 rings (SSSR count). The predicted octanol–water partition coefficient (Wildman–Crippen LogP) is 4.60. The average Bonchev–Trinajstić information content (AvgIpc) is 2.76. The summed E-state index contributed by atoms with van der Waals surface area (Å²) in [6.07, 6.45) is 0.267. The first-order chi connectivity index (χ1) is 15.2. The second-order valence-corrected chi connectivity index (χ2v) is 10.5. The molecule has 0 aliphatic heterocycles. The highest BCUT2D eigenvalue weighted by Crippen LogP contribution is 2.28. The smallest absolute Gasteiger partial charge is 0.241 e. The molecule has 0 atom stereocenters. The van der Waals surface area contributed by atoms with E-state index in [0.29, 0.717) is 5.56 Å². The monoisotopic (exact) mass is 450 g/mol. The zero-order valence-electron chi connectivity index (χ0n) is 18.7. The standard InChI is InChI=1S/C26H30N2O3S/c1-26(2,3)28-32(30,31)24-17-11-10-16-22(24)19-27-25(29)18-23(20-12-6-4-7-13-20)21-14-8-5-9-15-21/h4-17,23,28H,18-19H2,1-3H3,(H,27,29). The highest BCUT2D eigenvalue weighted by Gasteiger charge is 2.24. The second-order valence-electron chi connectivity index (χ2n) is 8.82. The lowest BCUT2D eigenvalue weighted by Gasteiger charge is -2.22. The van der Waals surface area contributed by atoms with Gasteiger partial charge >= 0.3 is 0 Å². The fraction of sp³-hybridized carbons (Fsp3) is 0.269. The Morgan fingerprint density at radius 2 is 1.31 bits per heavy atom. The van der Waals surface area contributed by atoms with Crippen LogP contribution in [-0.2, 0) is 21.4 Å². The van der Waals surface area contributed by atoms with E-state index in [-0.39, 0.29) is 29.7 Å². The van der Waals surface area contributed by atoms with Crippen molar-refractivity contribution in [3.63, 3.8) is 0 Å². The van der Waals surface area contributed by atoms with Gasteiger partial charge in [-0.25, -0.2) is 13.1 Å². The molecule has 1 amide bonds. The van der Waals surface area contributed by atoms with Crippen LogP contribution in [-0.4, -0.2) is 19.9 Å².